The van der Waals surface area contributed by atoms with Gasteiger partial charge < -0.3 is 5.73 Å². The summed E-state index contributed by atoms with van der Waals surface area (Å²) < 4.78 is 1.54. The van der Waals surface area contributed by atoms with Crippen molar-refractivity contribution < 1.29 is 0 Å². The second kappa shape index (κ2) is 4.57. The molecule has 0 amide bonds. The Morgan fingerprint density at radius 2 is 2.38 bits per heavy atom. The van der Waals surface area contributed by atoms with Crippen molar-refractivity contribution in [2.45, 2.75) is 13.5 Å². The molecule has 0 unspecified atom stereocenters. The average Bonchev–Trinajstić information content (AvgIpc) is 2.11. The van der Waals surface area contributed by atoms with Gasteiger partial charge in [0.1, 0.15) is 0 Å². The topological polar surface area (TPSA) is 60.9 Å². The molecule has 1 rings (SSSR count). The number of nitrogens with zero attached hydrogens (tertiary/aromatic N) is 2. The highest BCUT2D eigenvalue weighted by molar-refractivity contribution is 5.00. The average molecular weight is 179 g/mol. The molecular weight excluding hydrogens is 166 g/mol. The molecule has 4 nitrogen and oxygen atoms in total. The number of aryl methyl sites for hydroxylation is 1. The Morgan fingerprint density at radius 3 is 3.08 bits per heavy atom. The molecular formula is C9H13N3O. The number of rotatable bonds is 3. The second-order valence-corrected chi connectivity index (χ2v) is 2.77. The van der Waals surface area contributed by atoms with Crippen molar-refractivity contribution in [2.24, 2.45) is 5.73 Å². The van der Waals surface area contributed by atoms with Crippen LogP contribution in [0.15, 0.2) is 29.3 Å². The van der Waals surface area contributed by atoms with Crippen LogP contribution < -0.4 is 11.4 Å². The van der Waals surface area contributed by atoms with Gasteiger partial charge in [0.05, 0.1) is 0 Å². The van der Waals surface area contributed by atoms with E-state index in [1.165, 1.54) is 0 Å². The van der Waals surface area contributed by atoms with Gasteiger partial charge in [-0.3, -0.25) is 4.57 Å². The van der Waals surface area contributed by atoms with Gasteiger partial charge in [0.25, 0.3) is 0 Å². The standard InChI is InChI=1S/C9H13N3O/c1-8-6-11-9(13)12(7-8)5-3-2-4-10/h2-3,6-7H,4-5,10H2,1H3. The van der Waals surface area contributed by atoms with Gasteiger partial charge in [0.15, 0.2) is 0 Å². The van der Waals surface area contributed by atoms with Gasteiger partial charge in [0.2, 0.25) is 0 Å². The summed E-state index contributed by atoms with van der Waals surface area (Å²) in [5.41, 5.74) is 6.01. The van der Waals surface area contributed by atoms with Crippen molar-refractivity contribution in [3.8, 4) is 0 Å². The van der Waals surface area contributed by atoms with Gasteiger partial charge in [0, 0.05) is 25.5 Å². The van der Waals surface area contributed by atoms with Crippen LogP contribution in [0, 0.1) is 6.92 Å². The molecule has 0 aliphatic rings. The third kappa shape index (κ3) is 2.83. The maximum absolute atomic E-state index is 11.2. The molecule has 0 fully saturated rings. The normalized spacial score (nSPS) is 10.9. The predicted octanol–water partition coefficient (Wildman–Crippen LogP) is 0.0666. The van der Waals surface area contributed by atoms with Crippen molar-refractivity contribution >= 4 is 0 Å². The number of hydrogen-bond donors (Lipinski definition) is 1. The van der Waals surface area contributed by atoms with Gasteiger partial charge in [-0.15, -0.1) is 0 Å². The summed E-state index contributed by atoms with van der Waals surface area (Å²) in [7, 11) is 0. The van der Waals surface area contributed by atoms with E-state index in [9.17, 15) is 4.79 Å². The van der Waals surface area contributed by atoms with E-state index in [0.29, 0.717) is 13.1 Å². The molecule has 0 aliphatic heterocycles. The smallest absolute Gasteiger partial charge is 0.327 e. The zero-order chi connectivity index (χ0) is 9.68. The van der Waals surface area contributed by atoms with E-state index in [-0.39, 0.29) is 5.69 Å². The fraction of sp³-hybridized carbons (Fsp3) is 0.333. The largest absolute Gasteiger partial charge is 0.347 e. The highest BCUT2D eigenvalue weighted by Crippen LogP contribution is 1.89. The molecule has 0 aromatic carbocycles. The second-order valence-electron chi connectivity index (χ2n) is 2.77. The van der Waals surface area contributed by atoms with Crippen LogP contribution in [0.4, 0.5) is 0 Å². The highest BCUT2D eigenvalue weighted by atomic mass is 16.1. The van der Waals surface area contributed by atoms with Crippen molar-refractivity contribution in [3.63, 3.8) is 0 Å². The maximum Gasteiger partial charge on any atom is 0.347 e. The third-order valence-corrected chi connectivity index (χ3v) is 1.59. The van der Waals surface area contributed by atoms with Crippen LogP contribution in [0.2, 0.25) is 0 Å². The van der Waals surface area contributed by atoms with E-state index in [4.69, 9.17) is 5.73 Å². The number of nitrogens with two attached hydrogens (primary N) is 1. The molecule has 0 spiro atoms. The maximum atomic E-state index is 11.2. The summed E-state index contributed by atoms with van der Waals surface area (Å²) in [6.07, 6.45) is 7.00. The van der Waals surface area contributed by atoms with Gasteiger partial charge in [-0.05, 0) is 12.5 Å². The van der Waals surface area contributed by atoms with E-state index in [0.717, 1.165) is 5.56 Å². The Labute approximate surface area is 76.7 Å². The van der Waals surface area contributed by atoms with E-state index in [1.54, 1.807) is 17.0 Å². The molecule has 0 atom stereocenters. The minimum absolute atomic E-state index is 0.229. The molecule has 4 heteroatoms. The van der Waals surface area contributed by atoms with Gasteiger partial charge in [-0.1, -0.05) is 12.2 Å². The Morgan fingerprint density at radius 1 is 1.62 bits per heavy atom. The van der Waals surface area contributed by atoms with Crippen LogP contribution in [0.1, 0.15) is 5.56 Å². The Bertz CT molecular complexity index is 354. The molecule has 2 N–H and O–H groups in total. The first-order valence-electron chi connectivity index (χ1n) is 4.12. The molecule has 0 saturated heterocycles. The molecule has 0 saturated carbocycles. The van der Waals surface area contributed by atoms with E-state index in [2.05, 4.69) is 4.98 Å². The van der Waals surface area contributed by atoms with Gasteiger partial charge in [-0.2, -0.15) is 0 Å². The summed E-state index contributed by atoms with van der Waals surface area (Å²) in [6, 6.07) is 0. The highest BCUT2D eigenvalue weighted by Gasteiger charge is 1.93. The minimum Gasteiger partial charge on any atom is -0.327 e. The minimum atomic E-state index is -0.229. The fourth-order valence-electron chi connectivity index (χ4n) is 0.981. The Kier molecular flexibility index (Phi) is 3.40. The molecule has 13 heavy (non-hydrogen) atoms. The molecule has 70 valence electrons. The van der Waals surface area contributed by atoms with Crippen molar-refractivity contribution in [3.05, 3.63) is 40.6 Å². The molecule has 1 aromatic rings. The zero-order valence-electron chi connectivity index (χ0n) is 7.60. The number of allylic oxidation sites excluding steroid dienone is 1. The van der Waals surface area contributed by atoms with E-state index >= 15 is 0 Å². The predicted molar refractivity (Wildman–Crippen MR) is 51.4 cm³/mol. The molecule has 1 aromatic heterocycles. The van der Waals surface area contributed by atoms with Crippen molar-refractivity contribution in [2.75, 3.05) is 6.54 Å². The van der Waals surface area contributed by atoms with Crippen LogP contribution in [0.5, 0.6) is 0 Å². The van der Waals surface area contributed by atoms with E-state index in [1.807, 2.05) is 19.1 Å². The van der Waals surface area contributed by atoms with E-state index < -0.39 is 0 Å². The van der Waals surface area contributed by atoms with Gasteiger partial charge in [-0.25, -0.2) is 9.78 Å². The van der Waals surface area contributed by atoms with Gasteiger partial charge >= 0.3 is 5.69 Å². The third-order valence-electron chi connectivity index (χ3n) is 1.59. The van der Waals surface area contributed by atoms with Crippen LogP contribution in [0.3, 0.4) is 0 Å². The fourth-order valence-corrected chi connectivity index (χ4v) is 0.981. The van der Waals surface area contributed by atoms with Crippen LogP contribution >= 0.6 is 0 Å². The summed E-state index contributed by atoms with van der Waals surface area (Å²) in [5.74, 6) is 0. The molecule has 1 heterocycles. The van der Waals surface area contributed by atoms with Crippen LogP contribution in [-0.4, -0.2) is 16.1 Å². The summed E-state index contributed by atoms with van der Waals surface area (Å²) in [4.78, 5) is 14.9. The SMILES string of the molecule is Cc1cnc(=O)n(CC=CCN)c1. The first-order valence-corrected chi connectivity index (χ1v) is 4.12. The van der Waals surface area contributed by atoms with Crippen LogP contribution in [-0.2, 0) is 6.54 Å². The van der Waals surface area contributed by atoms with Crippen LogP contribution in [0.25, 0.3) is 0 Å². The Balaban J connectivity index is 2.82. The monoisotopic (exact) mass is 179 g/mol. The van der Waals surface area contributed by atoms with Crippen molar-refractivity contribution in [1.29, 1.82) is 0 Å². The Hall–Kier alpha value is -1.42. The molecule has 0 aliphatic carbocycles. The molecule has 0 radical (unpaired) electrons. The van der Waals surface area contributed by atoms with Crippen molar-refractivity contribution in [1.82, 2.24) is 9.55 Å². The lowest BCUT2D eigenvalue weighted by molar-refractivity contribution is 0.735. The summed E-state index contributed by atoms with van der Waals surface area (Å²) in [5, 5.41) is 0. The lowest BCUT2D eigenvalue weighted by atomic mass is 10.4. The summed E-state index contributed by atoms with van der Waals surface area (Å²) in [6.45, 7) is 2.92. The summed E-state index contributed by atoms with van der Waals surface area (Å²) >= 11 is 0. The molecule has 0 bridgehead atoms. The number of hydrogen-bond acceptors (Lipinski definition) is 3. The number of aromatic nitrogens is 2. The first kappa shape index (κ1) is 9.67. The first-order chi connectivity index (χ1) is 6.24. The lowest BCUT2D eigenvalue weighted by Gasteiger charge is -2.00. The lowest BCUT2D eigenvalue weighted by Crippen LogP contribution is -2.21. The quantitative estimate of drug-likeness (QED) is 0.668. The zero-order valence-corrected chi connectivity index (χ0v) is 7.60.